The smallest absolute Gasteiger partial charge is 0.261 e. The number of carbonyl (C=O) groups is 1. The summed E-state index contributed by atoms with van der Waals surface area (Å²) in [6.45, 7) is 2.86. The van der Waals surface area contributed by atoms with Crippen LogP contribution in [0.4, 0.5) is 5.69 Å². The van der Waals surface area contributed by atoms with E-state index in [1.807, 2.05) is 37.3 Å². The van der Waals surface area contributed by atoms with Crippen LogP contribution in [0.3, 0.4) is 0 Å². The quantitative estimate of drug-likeness (QED) is 0.660. The van der Waals surface area contributed by atoms with Gasteiger partial charge in [-0.25, -0.2) is 8.42 Å². The molecule has 2 atom stereocenters. The molecular formula is C23H23N3O4S. The van der Waals surface area contributed by atoms with Gasteiger partial charge in [0.05, 0.1) is 23.2 Å². The van der Waals surface area contributed by atoms with Gasteiger partial charge in [0.2, 0.25) is 0 Å². The molecule has 0 radical (unpaired) electrons. The highest BCUT2D eigenvalue weighted by Gasteiger charge is 2.30. The predicted octanol–water partition coefficient (Wildman–Crippen LogP) is 3.48. The molecule has 7 nitrogen and oxygen atoms in total. The summed E-state index contributed by atoms with van der Waals surface area (Å²) >= 11 is 0. The Labute approximate surface area is 181 Å². The number of nitrogens with zero attached hydrogens (tertiary/aromatic N) is 2. The maximum Gasteiger partial charge on any atom is 0.261 e. The van der Waals surface area contributed by atoms with E-state index in [0.29, 0.717) is 24.3 Å². The maximum atomic E-state index is 13.1. The Morgan fingerprint density at radius 3 is 2.35 bits per heavy atom. The number of ether oxygens (including phenoxy) is 1. The van der Waals surface area contributed by atoms with Crippen molar-refractivity contribution in [3.05, 3.63) is 90.3 Å². The lowest BCUT2D eigenvalue weighted by molar-refractivity contribution is -0.0691. The number of hydrogen-bond donors (Lipinski definition) is 1. The van der Waals surface area contributed by atoms with Crippen molar-refractivity contribution in [2.45, 2.75) is 24.0 Å². The number of pyridine rings is 1. The summed E-state index contributed by atoms with van der Waals surface area (Å²) in [7, 11) is -3.76. The minimum Gasteiger partial charge on any atom is -0.367 e. The molecule has 0 bridgehead atoms. The molecule has 2 heterocycles. The molecule has 1 aliphatic rings. The number of anilines is 1. The highest BCUT2D eigenvalue weighted by molar-refractivity contribution is 7.92. The SMILES string of the molecule is CC1CN(C(=O)c2ccc(S(=O)(=O)Nc3ccncc3)cc2)CC(c2ccccc2)O1. The maximum absolute atomic E-state index is 13.1. The normalized spacial score (nSPS) is 19.1. The number of benzene rings is 2. The number of nitrogens with one attached hydrogen (secondary N) is 1. The van der Waals surface area contributed by atoms with Crippen LogP contribution in [-0.4, -0.2) is 43.4 Å². The van der Waals surface area contributed by atoms with Gasteiger partial charge in [0.1, 0.15) is 6.10 Å². The van der Waals surface area contributed by atoms with E-state index in [4.69, 9.17) is 4.74 Å². The molecule has 2 unspecified atom stereocenters. The molecule has 0 saturated carbocycles. The van der Waals surface area contributed by atoms with Gasteiger partial charge in [0.25, 0.3) is 15.9 Å². The molecule has 1 saturated heterocycles. The first-order valence-electron chi connectivity index (χ1n) is 9.95. The zero-order valence-corrected chi connectivity index (χ0v) is 17.8. The van der Waals surface area contributed by atoms with Crippen molar-refractivity contribution in [2.24, 2.45) is 0 Å². The van der Waals surface area contributed by atoms with Crippen molar-refractivity contribution in [3.63, 3.8) is 0 Å². The van der Waals surface area contributed by atoms with Crippen molar-refractivity contribution in [1.82, 2.24) is 9.88 Å². The van der Waals surface area contributed by atoms with Crippen molar-refractivity contribution in [1.29, 1.82) is 0 Å². The molecule has 1 aromatic heterocycles. The lowest BCUT2D eigenvalue weighted by atomic mass is 10.1. The lowest BCUT2D eigenvalue weighted by Gasteiger charge is -2.37. The van der Waals surface area contributed by atoms with Crippen molar-refractivity contribution >= 4 is 21.6 Å². The fourth-order valence-electron chi connectivity index (χ4n) is 3.56. The van der Waals surface area contributed by atoms with Gasteiger partial charge in [0, 0.05) is 24.5 Å². The van der Waals surface area contributed by atoms with E-state index in [1.165, 1.54) is 24.5 Å². The Kier molecular flexibility index (Phi) is 6.01. The number of hydrogen-bond acceptors (Lipinski definition) is 5. The summed E-state index contributed by atoms with van der Waals surface area (Å²) in [4.78, 5) is 18.8. The summed E-state index contributed by atoms with van der Waals surface area (Å²) in [6.07, 6.45) is 2.71. The van der Waals surface area contributed by atoms with Crippen LogP contribution in [0.25, 0.3) is 0 Å². The van der Waals surface area contributed by atoms with Crippen molar-refractivity contribution in [3.8, 4) is 0 Å². The minimum absolute atomic E-state index is 0.0818. The average Bonchev–Trinajstić information content (AvgIpc) is 2.79. The standard InChI is InChI=1S/C23H23N3O4S/c1-17-15-26(16-22(30-17)18-5-3-2-4-6-18)23(27)19-7-9-21(10-8-19)31(28,29)25-20-11-13-24-14-12-20/h2-14,17,22H,15-16H2,1H3,(H,24,25). The molecule has 31 heavy (non-hydrogen) atoms. The van der Waals surface area contributed by atoms with Crippen molar-refractivity contribution in [2.75, 3.05) is 17.8 Å². The Morgan fingerprint density at radius 2 is 1.68 bits per heavy atom. The monoisotopic (exact) mass is 437 g/mol. The van der Waals surface area contributed by atoms with E-state index in [1.54, 1.807) is 29.2 Å². The summed E-state index contributed by atoms with van der Waals surface area (Å²) in [6, 6.07) is 18.9. The van der Waals surface area contributed by atoms with Crippen LogP contribution in [0.15, 0.2) is 84.0 Å². The van der Waals surface area contributed by atoms with Crippen LogP contribution in [0.2, 0.25) is 0 Å². The van der Waals surface area contributed by atoms with Crippen LogP contribution in [-0.2, 0) is 14.8 Å². The van der Waals surface area contributed by atoms with Crippen LogP contribution in [0.5, 0.6) is 0 Å². The highest BCUT2D eigenvalue weighted by Crippen LogP contribution is 2.26. The fraction of sp³-hybridized carbons (Fsp3) is 0.217. The van der Waals surface area contributed by atoms with Gasteiger partial charge >= 0.3 is 0 Å². The third-order valence-corrected chi connectivity index (χ3v) is 6.46. The number of sulfonamides is 1. The van der Waals surface area contributed by atoms with E-state index in [9.17, 15) is 13.2 Å². The summed E-state index contributed by atoms with van der Waals surface area (Å²) in [5.41, 5.74) is 1.88. The molecular weight excluding hydrogens is 414 g/mol. The Hall–Kier alpha value is -3.23. The van der Waals surface area contributed by atoms with Crippen LogP contribution in [0, 0.1) is 0 Å². The van der Waals surface area contributed by atoms with Crippen LogP contribution >= 0.6 is 0 Å². The zero-order valence-electron chi connectivity index (χ0n) is 17.0. The second-order valence-corrected chi connectivity index (χ2v) is 9.10. The van der Waals surface area contributed by atoms with Gasteiger partial charge in [-0.2, -0.15) is 0 Å². The predicted molar refractivity (Wildman–Crippen MR) is 117 cm³/mol. The van der Waals surface area contributed by atoms with E-state index in [2.05, 4.69) is 9.71 Å². The first-order chi connectivity index (χ1) is 14.9. The molecule has 4 rings (SSSR count). The Balaban J connectivity index is 1.49. The van der Waals surface area contributed by atoms with E-state index >= 15 is 0 Å². The topological polar surface area (TPSA) is 88.6 Å². The largest absolute Gasteiger partial charge is 0.367 e. The molecule has 1 fully saturated rings. The van der Waals surface area contributed by atoms with Gasteiger partial charge in [-0.3, -0.25) is 14.5 Å². The molecule has 8 heteroatoms. The average molecular weight is 438 g/mol. The second kappa shape index (κ2) is 8.87. The van der Waals surface area contributed by atoms with Crippen LogP contribution < -0.4 is 4.72 Å². The van der Waals surface area contributed by atoms with Gasteiger partial charge in [-0.15, -0.1) is 0 Å². The van der Waals surface area contributed by atoms with Crippen molar-refractivity contribution < 1.29 is 17.9 Å². The number of rotatable bonds is 5. The van der Waals surface area contributed by atoms with E-state index < -0.39 is 10.0 Å². The summed E-state index contributed by atoms with van der Waals surface area (Å²) < 4.78 is 33.7. The number of aromatic nitrogens is 1. The molecule has 0 spiro atoms. The van der Waals surface area contributed by atoms with Gasteiger partial charge < -0.3 is 9.64 Å². The molecule has 1 N–H and O–H groups in total. The van der Waals surface area contributed by atoms with Crippen LogP contribution in [0.1, 0.15) is 28.9 Å². The number of amides is 1. The van der Waals surface area contributed by atoms with Gasteiger partial charge in [0.15, 0.2) is 0 Å². The highest BCUT2D eigenvalue weighted by atomic mass is 32.2. The van der Waals surface area contributed by atoms with Gasteiger partial charge in [-0.1, -0.05) is 30.3 Å². The number of morpholine rings is 1. The second-order valence-electron chi connectivity index (χ2n) is 7.42. The summed E-state index contributed by atoms with van der Waals surface area (Å²) in [5.74, 6) is -0.151. The molecule has 160 valence electrons. The molecule has 2 aromatic carbocycles. The zero-order chi connectivity index (χ0) is 21.8. The first-order valence-corrected chi connectivity index (χ1v) is 11.4. The van der Waals surface area contributed by atoms with E-state index in [-0.39, 0.29) is 23.0 Å². The molecule has 3 aromatic rings. The van der Waals surface area contributed by atoms with E-state index in [0.717, 1.165) is 5.56 Å². The molecule has 1 amide bonds. The van der Waals surface area contributed by atoms with Gasteiger partial charge in [-0.05, 0) is 48.9 Å². The minimum atomic E-state index is -3.76. The third-order valence-electron chi connectivity index (χ3n) is 5.06. The Bertz CT molecular complexity index is 1140. The lowest BCUT2D eigenvalue weighted by Crippen LogP contribution is -2.45. The number of carbonyl (C=O) groups excluding carboxylic acids is 1. The molecule has 0 aliphatic carbocycles. The fourth-order valence-corrected chi connectivity index (χ4v) is 4.62. The third kappa shape index (κ3) is 4.92. The Morgan fingerprint density at radius 1 is 1.00 bits per heavy atom. The first kappa shape index (κ1) is 21.0. The molecule has 1 aliphatic heterocycles. The summed E-state index contributed by atoms with van der Waals surface area (Å²) in [5, 5.41) is 0.